The fourth-order valence-corrected chi connectivity index (χ4v) is 3.75. The molecule has 0 aromatic heterocycles. The molecule has 4 rings (SSSR count). The van der Waals surface area contributed by atoms with Crippen molar-refractivity contribution in [2.45, 2.75) is 12.6 Å². The Bertz CT molecular complexity index is 1100. The second kappa shape index (κ2) is 8.80. The Balaban J connectivity index is 1.71. The van der Waals surface area contributed by atoms with Crippen molar-refractivity contribution < 1.29 is 9.53 Å². The van der Waals surface area contributed by atoms with E-state index >= 15 is 0 Å². The molecular formula is C25H24N4O2. The summed E-state index contributed by atoms with van der Waals surface area (Å²) >= 11 is 0. The standard InChI is InChI=1S/C25H24N4O2/c1-28(17-5-16-26)19-10-8-18(9-11-19)24-27-23-7-4-3-6-22(23)25(30)29(24)20-12-14-21(31-2)15-13-20/h3-4,6-15,24,27H,5,17H2,1-2H3/t24-/m1/s1. The van der Waals surface area contributed by atoms with Crippen molar-refractivity contribution >= 4 is 23.0 Å². The molecule has 1 atom stereocenters. The molecule has 1 amide bonds. The number of hydrogen-bond donors (Lipinski definition) is 1. The molecule has 3 aromatic rings. The van der Waals surface area contributed by atoms with E-state index in [1.165, 1.54) is 0 Å². The van der Waals surface area contributed by atoms with Crippen LogP contribution in [0.3, 0.4) is 0 Å². The number of carbonyl (C=O) groups excluding carboxylic acids is 1. The topological polar surface area (TPSA) is 68.6 Å². The third kappa shape index (κ3) is 4.03. The summed E-state index contributed by atoms with van der Waals surface area (Å²) in [4.78, 5) is 17.3. The highest BCUT2D eigenvalue weighted by atomic mass is 16.5. The number of amides is 1. The third-order valence-corrected chi connectivity index (χ3v) is 5.49. The maximum atomic E-state index is 13.5. The van der Waals surface area contributed by atoms with Gasteiger partial charge in [-0.05, 0) is 54.1 Å². The van der Waals surface area contributed by atoms with Crippen molar-refractivity contribution in [3.63, 3.8) is 0 Å². The second-order valence-corrected chi connectivity index (χ2v) is 7.39. The van der Waals surface area contributed by atoms with Crippen LogP contribution in [0.25, 0.3) is 0 Å². The molecule has 156 valence electrons. The lowest BCUT2D eigenvalue weighted by Crippen LogP contribution is -2.43. The van der Waals surface area contributed by atoms with E-state index in [2.05, 4.69) is 11.4 Å². The number of rotatable bonds is 6. The van der Waals surface area contributed by atoms with Crippen LogP contribution >= 0.6 is 0 Å². The van der Waals surface area contributed by atoms with Crippen LogP contribution in [-0.4, -0.2) is 26.6 Å². The molecule has 1 N–H and O–H groups in total. The largest absolute Gasteiger partial charge is 0.497 e. The van der Waals surface area contributed by atoms with E-state index < -0.39 is 0 Å². The molecule has 0 spiro atoms. The summed E-state index contributed by atoms with van der Waals surface area (Å²) in [6.45, 7) is 0.668. The van der Waals surface area contributed by atoms with Gasteiger partial charge in [0.25, 0.3) is 5.91 Å². The summed E-state index contributed by atoms with van der Waals surface area (Å²) in [6.07, 6.45) is 0.119. The molecule has 0 saturated heterocycles. The predicted molar refractivity (Wildman–Crippen MR) is 123 cm³/mol. The van der Waals surface area contributed by atoms with Crippen LogP contribution < -0.4 is 19.9 Å². The minimum Gasteiger partial charge on any atom is -0.497 e. The summed E-state index contributed by atoms with van der Waals surface area (Å²) in [6, 6.07) is 25.3. The van der Waals surface area contributed by atoms with Gasteiger partial charge in [-0.25, -0.2) is 0 Å². The van der Waals surface area contributed by atoms with Gasteiger partial charge in [-0.2, -0.15) is 5.26 Å². The molecule has 3 aromatic carbocycles. The summed E-state index contributed by atoms with van der Waals surface area (Å²) in [5.41, 5.74) is 4.24. The molecular weight excluding hydrogens is 388 g/mol. The number of nitriles is 1. The molecule has 31 heavy (non-hydrogen) atoms. The lowest BCUT2D eigenvalue weighted by molar-refractivity contribution is 0.0975. The van der Waals surface area contributed by atoms with Crippen LogP contribution in [-0.2, 0) is 0 Å². The fourth-order valence-electron chi connectivity index (χ4n) is 3.75. The van der Waals surface area contributed by atoms with E-state index in [1.807, 2.05) is 84.7 Å². The quantitative estimate of drug-likeness (QED) is 0.629. The van der Waals surface area contributed by atoms with Crippen molar-refractivity contribution in [2.24, 2.45) is 0 Å². The average molecular weight is 412 g/mol. The maximum absolute atomic E-state index is 13.5. The highest BCUT2D eigenvalue weighted by Crippen LogP contribution is 2.37. The van der Waals surface area contributed by atoms with Gasteiger partial charge in [-0.3, -0.25) is 9.69 Å². The van der Waals surface area contributed by atoms with E-state index in [-0.39, 0.29) is 12.1 Å². The summed E-state index contributed by atoms with van der Waals surface area (Å²) in [7, 11) is 3.59. The van der Waals surface area contributed by atoms with Crippen LogP contribution in [0, 0.1) is 11.3 Å². The van der Waals surface area contributed by atoms with Gasteiger partial charge in [-0.1, -0.05) is 24.3 Å². The summed E-state index contributed by atoms with van der Waals surface area (Å²) < 4.78 is 5.27. The maximum Gasteiger partial charge on any atom is 0.262 e. The van der Waals surface area contributed by atoms with E-state index in [0.717, 1.165) is 28.4 Å². The second-order valence-electron chi connectivity index (χ2n) is 7.39. The molecule has 1 aliphatic heterocycles. The number of carbonyl (C=O) groups is 1. The van der Waals surface area contributed by atoms with Gasteiger partial charge in [-0.15, -0.1) is 0 Å². The van der Waals surface area contributed by atoms with Crippen molar-refractivity contribution in [1.82, 2.24) is 0 Å². The third-order valence-electron chi connectivity index (χ3n) is 5.49. The van der Waals surface area contributed by atoms with E-state index in [4.69, 9.17) is 10.00 Å². The molecule has 0 aliphatic carbocycles. The van der Waals surface area contributed by atoms with Gasteiger partial charge in [0.2, 0.25) is 0 Å². The number of fused-ring (bicyclic) bond motifs is 1. The normalized spacial score (nSPS) is 14.9. The monoisotopic (exact) mass is 412 g/mol. The van der Waals surface area contributed by atoms with Gasteiger partial charge >= 0.3 is 0 Å². The first-order valence-corrected chi connectivity index (χ1v) is 10.1. The molecule has 1 heterocycles. The minimum absolute atomic E-state index is 0.0558. The Kier molecular flexibility index (Phi) is 5.76. The van der Waals surface area contributed by atoms with Crippen LogP contribution in [0.5, 0.6) is 5.75 Å². The van der Waals surface area contributed by atoms with Crippen LogP contribution in [0.1, 0.15) is 28.5 Å². The molecule has 6 heteroatoms. The number of benzene rings is 3. The van der Waals surface area contributed by atoms with Crippen molar-refractivity contribution in [1.29, 1.82) is 5.26 Å². The fraction of sp³-hybridized carbons (Fsp3) is 0.200. The molecule has 0 radical (unpaired) electrons. The van der Waals surface area contributed by atoms with E-state index in [0.29, 0.717) is 18.5 Å². The zero-order chi connectivity index (χ0) is 21.8. The number of nitrogens with zero attached hydrogens (tertiary/aromatic N) is 3. The zero-order valence-electron chi connectivity index (χ0n) is 17.6. The van der Waals surface area contributed by atoms with Crippen LogP contribution in [0.15, 0.2) is 72.8 Å². The highest BCUT2D eigenvalue weighted by molar-refractivity contribution is 6.12. The molecule has 0 saturated carbocycles. The van der Waals surface area contributed by atoms with Gasteiger partial charge in [0.1, 0.15) is 11.9 Å². The Labute approximate surface area is 182 Å². The zero-order valence-corrected chi connectivity index (χ0v) is 17.6. The molecule has 0 bridgehead atoms. The first-order valence-electron chi connectivity index (χ1n) is 10.1. The number of ether oxygens (including phenoxy) is 1. The lowest BCUT2D eigenvalue weighted by atomic mass is 10.0. The smallest absolute Gasteiger partial charge is 0.262 e. The van der Waals surface area contributed by atoms with Crippen LogP contribution in [0.4, 0.5) is 17.1 Å². The number of nitrogens with one attached hydrogen (secondary N) is 1. The Morgan fingerprint density at radius 1 is 1.06 bits per heavy atom. The molecule has 0 fully saturated rings. The number of anilines is 3. The number of methoxy groups -OCH3 is 1. The number of para-hydroxylation sites is 1. The van der Waals surface area contributed by atoms with Crippen molar-refractivity contribution in [2.75, 3.05) is 35.8 Å². The first-order chi connectivity index (χ1) is 15.1. The molecule has 1 aliphatic rings. The van der Waals surface area contributed by atoms with E-state index in [1.54, 1.807) is 12.0 Å². The van der Waals surface area contributed by atoms with Crippen molar-refractivity contribution in [3.05, 3.63) is 83.9 Å². The van der Waals surface area contributed by atoms with E-state index in [9.17, 15) is 4.79 Å². The average Bonchev–Trinajstić information content (AvgIpc) is 2.82. The first kappa shape index (κ1) is 20.3. The number of hydrogen-bond acceptors (Lipinski definition) is 5. The summed E-state index contributed by atoms with van der Waals surface area (Å²) in [5, 5.41) is 12.3. The Morgan fingerprint density at radius 3 is 2.45 bits per heavy atom. The van der Waals surface area contributed by atoms with Gasteiger partial charge in [0, 0.05) is 30.7 Å². The molecule has 6 nitrogen and oxygen atoms in total. The van der Waals surface area contributed by atoms with Crippen molar-refractivity contribution in [3.8, 4) is 11.8 Å². The SMILES string of the molecule is COc1ccc(N2C(=O)c3ccccc3N[C@H]2c2ccc(N(C)CCC#N)cc2)cc1. The molecule has 0 unspecified atom stereocenters. The minimum atomic E-state index is -0.353. The van der Waals surface area contributed by atoms with Gasteiger partial charge < -0.3 is 15.0 Å². The Morgan fingerprint density at radius 2 is 1.77 bits per heavy atom. The summed E-state index contributed by atoms with van der Waals surface area (Å²) in [5.74, 6) is 0.683. The van der Waals surface area contributed by atoms with Gasteiger partial charge in [0.05, 0.1) is 25.2 Å². The lowest BCUT2D eigenvalue weighted by Gasteiger charge is -2.38. The predicted octanol–water partition coefficient (Wildman–Crippen LogP) is 4.82. The Hall–Kier alpha value is -3.98. The van der Waals surface area contributed by atoms with Gasteiger partial charge in [0.15, 0.2) is 0 Å². The highest BCUT2D eigenvalue weighted by Gasteiger charge is 2.34. The van der Waals surface area contributed by atoms with Crippen LogP contribution in [0.2, 0.25) is 0 Å².